The monoisotopic (exact) mass is 285 g/mol. The fourth-order valence-corrected chi connectivity index (χ4v) is 4.09. The van der Waals surface area contributed by atoms with Crippen LogP contribution in [0.2, 0.25) is 0 Å². The molecule has 21 heavy (non-hydrogen) atoms. The fraction of sp³-hybridized carbons (Fsp3) is 0.611. The van der Waals surface area contributed by atoms with Gasteiger partial charge in [-0.05, 0) is 50.0 Å². The van der Waals surface area contributed by atoms with Crippen molar-refractivity contribution < 1.29 is 0 Å². The van der Waals surface area contributed by atoms with Gasteiger partial charge < -0.3 is 10.6 Å². The minimum atomic E-state index is 0.125. The average Bonchev–Trinajstić information content (AvgIpc) is 2.82. The van der Waals surface area contributed by atoms with Gasteiger partial charge in [0.25, 0.3) is 0 Å². The van der Waals surface area contributed by atoms with Crippen molar-refractivity contribution in [3.63, 3.8) is 0 Å². The Labute approximate surface area is 128 Å². The van der Waals surface area contributed by atoms with Gasteiger partial charge in [-0.3, -0.25) is 0 Å². The van der Waals surface area contributed by atoms with Crippen molar-refractivity contribution in [1.82, 2.24) is 4.90 Å². The number of benzene rings is 1. The van der Waals surface area contributed by atoms with Crippen LogP contribution < -0.4 is 5.73 Å². The van der Waals surface area contributed by atoms with Crippen molar-refractivity contribution in [3.05, 3.63) is 35.9 Å². The number of rotatable bonds is 2. The van der Waals surface area contributed by atoms with E-state index in [9.17, 15) is 0 Å². The predicted octanol–water partition coefficient (Wildman–Crippen LogP) is 3.40. The summed E-state index contributed by atoms with van der Waals surface area (Å²) < 4.78 is 0. The molecule has 2 fully saturated rings. The van der Waals surface area contributed by atoms with E-state index >= 15 is 0 Å². The van der Waals surface area contributed by atoms with Crippen molar-refractivity contribution in [2.75, 3.05) is 6.54 Å². The summed E-state index contributed by atoms with van der Waals surface area (Å²) in [5.74, 6) is 1.45. The molecular formula is C18H27N3. The number of fused-ring (bicyclic) bond motifs is 2. The summed E-state index contributed by atoms with van der Waals surface area (Å²) in [5.41, 5.74) is 8.12. The first kappa shape index (κ1) is 14.4. The van der Waals surface area contributed by atoms with E-state index in [1.54, 1.807) is 0 Å². The van der Waals surface area contributed by atoms with E-state index in [-0.39, 0.29) is 5.54 Å². The molecule has 1 aromatic carbocycles. The Balaban J connectivity index is 1.78. The lowest BCUT2D eigenvalue weighted by Crippen LogP contribution is -2.59. The molecule has 0 aromatic heterocycles. The van der Waals surface area contributed by atoms with Gasteiger partial charge in [-0.15, -0.1) is 0 Å². The molecule has 0 radical (unpaired) electrons. The molecule has 3 rings (SSSR count). The van der Waals surface area contributed by atoms with Gasteiger partial charge in [0.15, 0.2) is 5.96 Å². The van der Waals surface area contributed by atoms with E-state index in [0.29, 0.717) is 17.9 Å². The van der Waals surface area contributed by atoms with E-state index in [1.807, 2.05) is 18.2 Å². The predicted molar refractivity (Wildman–Crippen MR) is 88.0 cm³/mol. The lowest BCUT2D eigenvalue weighted by Gasteiger charge is -2.50. The number of guanidine groups is 1. The zero-order valence-corrected chi connectivity index (χ0v) is 13.5. The minimum Gasteiger partial charge on any atom is -0.370 e. The van der Waals surface area contributed by atoms with E-state index < -0.39 is 0 Å². The lowest BCUT2D eigenvalue weighted by molar-refractivity contribution is 0.0482. The van der Waals surface area contributed by atoms with Gasteiger partial charge in [0.05, 0.1) is 6.54 Å². The Morgan fingerprint density at radius 1 is 1.29 bits per heavy atom. The smallest absolute Gasteiger partial charge is 0.192 e. The minimum absolute atomic E-state index is 0.125. The summed E-state index contributed by atoms with van der Waals surface area (Å²) in [5, 5.41) is 0. The number of aliphatic imine (C=N–C) groups is 1. The second-order valence-corrected chi connectivity index (χ2v) is 7.65. The molecule has 3 nitrogen and oxygen atoms in total. The largest absolute Gasteiger partial charge is 0.370 e. The highest BCUT2D eigenvalue weighted by molar-refractivity contribution is 5.79. The summed E-state index contributed by atoms with van der Waals surface area (Å²) in [6.45, 7) is 8.77. The Morgan fingerprint density at radius 3 is 2.71 bits per heavy atom. The summed E-state index contributed by atoms with van der Waals surface area (Å²) in [6.07, 6.45) is 3.98. The van der Waals surface area contributed by atoms with Crippen molar-refractivity contribution in [2.24, 2.45) is 22.1 Å². The number of nitrogens with two attached hydrogens (primary N) is 1. The van der Waals surface area contributed by atoms with Gasteiger partial charge >= 0.3 is 0 Å². The van der Waals surface area contributed by atoms with Crippen LogP contribution in [-0.2, 0) is 6.54 Å². The van der Waals surface area contributed by atoms with Gasteiger partial charge in [-0.1, -0.05) is 37.3 Å². The Hall–Kier alpha value is -1.51. The van der Waals surface area contributed by atoms with Crippen LogP contribution in [0.15, 0.2) is 35.3 Å². The van der Waals surface area contributed by atoms with Crippen LogP contribution in [0.1, 0.15) is 45.6 Å². The number of hydrogen-bond donors (Lipinski definition) is 1. The van der Waals surface area contributed by atoms with Crippen LogP contribution in [0, 0.1) is 11.3 Å². The molecular weight excluding hydrogens is 258 g/mol. The molecule has 2 unspecified atom stereocenters. The zero-order valence-electron chi connectivity index (χ0n) is 13.5. The summed E-state index contributed by atoms with van der Waals surface area (Å²) in [4.78, 5) is 7.02. The number of likely N-dealkylation sites (tertiary alicyclic amines) is 1. The first-order valence-corrected chi connectivity index (χ1v) is 8.02. The molecule has 1 aliphatic carbocycles. The zero-order chi connectivity index (χ0) is 15.1. The maximum Gasteiger partial charge on any atom is 0.192 e. The average molecular weight is 285 g/mol. The molecule has 2 bridgehead atoms. The molecule has 114 valence electrons. The quantitative estimate of drug-likeness (QED) is 0.668. The molecule has 1 aliphatic heterocycles. The molecule has 1 saturated heterocycles. The normalized spacial score (nSPS) is 31.5. The van der Waals surface area contributed by atoms with Crippen LogP contribution in [0.4, 0.5) is 0 Å². The first-order valence-electron chi connectivity index (χ1n) is 8.02. The van der Waals surface area contributed by atoms with Crippen molar-refractivity contribution >= 4 is 5.96 Å². The van der Waals surface area contributed by atoms with Crippen LogP contribution in [0.25, 0.3) is 0 Å². The summed E-state index contributed by atoms with van der Waals surface area (Å²) in [6, 6.07) is 10.3. The topological polar surface area (TPSA) is 41.6 Å². The van der Waals surface area contributed by atoms with E-state index in [4.69, 9.17) is 5.73 Å². The van der Waals surface area contributed by atoms with Gasteiger partial charge in [0, 0.05) is 12.1 Å². The standard InChI is InChI=1S/C18H27N3/c1-17(2)15-9-10-18(3,11-15)13-21(17)16(19)20-12-14-7-5-4-6-8-14/h4-8,15H,9-13H2,1-3H3,(H2,19,20). The maximum atomic E-state index is 6.36. The van der Waals surface area contributed by atoms with Crippen molar-refractivity contribution in [2.45, 2.75) is 52.1 Å². The molecule has 2 aliphatic rings. The van der Waals surface area contributed by atoms with Crippen molar-refractivity contribution in [1.29, 1.82) is 0 Å². The Kier molecular flexibility index (Phi) is 3.46. The van der Waals surface area contributed by atoms with Gasteiger partial charge in [-0.2, -0.15) is 0 Å². The summed E-state index contributed by atoms with van der Waals surface area (Å²) in [7, 11) is 0. The van der Waals surface area contributed by atoms with Crippen LogP contribution in [0.5, 0.6) is 0 Å². The van der Waals surface area contributed by atoms with Gasteiger partial charge in [-0.25, -0.2) is 4.99 Å². The highest BCUT2D eigenvalue weighted by Gasteiger charge is 2.51. The number of piperidine rings is 1. The molecule has 0 spiro atoms. The summed E-state index contributed by atoms with van der Waals surface area (Å²) >= 11 is 0. The Morgan fingerprint density at radius 2 is 2.00 bits per heavy atom. The first-order chi connectivity index (χ1) is 9.91. The highest BCUT2D eigenvalue weighted by Crippen LogP contribution is 2.52. The van der Waals surface area contributed by atoms with Crippen LogP contribution >= 0.6 is 0 Å². The van der Waals surface area contributed by atoms with Crippen molar-refractivity contribution in [3.8, 4) is 0 Å². The third kappa shape index (κ3) is 2.66. The SMILES string of the molecule is CC12CCC(C1)C(C)(C)N(C(N)=NCc1ccccc1)C2. The van der Waals surface area contributed by atoms with Gasteiger partial charge in [0.2, 0.25) is 0 Å². The molecule has 0 amide bonds. The molecule has 1 saturated carbocycles. The fourth-order valence-electron chi connectivity index (χ4n) is 4.09. The van der Waals surface area contributed by atoms with Crippen LogP contribution in [0.3, 0.4) is 0 Å². The molecule has 1 aromatic rings. The third-order valence-corrected chi connectivity index (χ3v) is 5.61. The molecule has 2 atom stereocenters. The van der Waals surface area contributed by atoms with E-state index in [2.05, 4.69) is 42.8 Å². The highest BCUT2D eigenvalue weighted by atomic mass is 15.3. The number of nitrogens with zero attached hydrogens (tertiary/aromatic N) is 2. The van der Waals surface area contributed by atoms with E-state index in [0.717, 1.165) is 12.5 Å². The third-order valence-electron chi connectivity index (χ3n) is 5.61. The molecule has 1 heterocycles. The second kappa shape index (κ2) is 5.04. The number of hydrogen-bond acceptors (Lipinski definition) is 1. The van der Waals surface area contributed by atoms with E-state index in [1.165, 1.54) is 24.8 Å². The molecule has 2 N–H and O–H groups in total. The lowest BCUT2D eigenvalue weighted by atomic mass is 9.75. The Bertz CT molecular complexity index is 535. The molecule has 3 heteroatoms. The maximum absolute atomic E-state index is 6.36. The van der Waals surface area contributed by atoms with Crippen LogP contribution in [-0.4, -0.2) is 22.9 Å². The van der Waals surface area contributed by atoms with Gasteiger partial charge in [0.1, 0.15) is 0 Å². The second-order valence-electron chi connectivity index (χ2n) is 7.65.